The van der Waals surface area contributed by atoms with Crippen LogP contribution in [0.1, 0.15) is 11.3 Å². The molecule has 1 aliphatic heterocycles. The van der Waals surface area contributed by atoms with E-state index in [9.17, 15) is 4.79 Å². The van der Waals surface area contributed by atoms with Crippen LogP contribution in [0.3, 0.4) is 0 Å². The summed E-state index contributed by atoms with van der Waals surface area (Å²) in [4.78, 5) is 16.0. The van der Waals surface area contributed by atoms with Crippen LogP contribution >= 0.6 is 15.9 Å². The second-order valence-corrected chi connectivity index (χ2v) is 6.25. The van der Waals surface area contributed by atoms with Gasteiger partial charge >= 0.3 is 0 Å². The van der Waals surface area contributed by atoms with Crippen LogP contribution in [-0.4, -0.2) is 34.7 Å². The van der Waals surface area contributed by atoms with E-state index >= 15 is 0 Å². The van der Waals surface area contributed by atoms with Crippen molar-refractivity contribution in [3.05, 3.63) is 52.5 Å². The number of rotatable bonds is 5. The van der Waals surface area contributed by atoms with Gasteiger partial charge in [-0.05, 0) is 24.1 Å². The molecule has 0 aliphatic carbocycles. The van der Waals surface area contributed by atoms with Gasteiger partial charge in [0.05, 0.1) is 18.6 Å². The summed E-state index contributed by atoms with van der Waals surface area (Å²) >= 11 is 3.44. The normalized spacial score (nSPS) is 18.2. The number of hydrogen-bond donors (Lipinski definition) is 1. The minimum absolute atomic E-state index is 0.0457. The van der Waals surface area contributed by atoms with Gasteiger partial charge in [-0.25, -0.2) is 4.98 Å². The van der Waals surface area contributed by atoms with Crippen molar-refractivity contribution in [2.75, 3.05) is 13.2 Å². The molecule has 1 atom stereocenters. The molecule has 2 aromatic rings. The van der Waals surface area contributed by atoms with E-state index in [0.717, 1.165) is 23.1 Å². The Bertz CT molecular complexity index is 639. The highest BCUT2D eigenvalue weighted by Gasteiger charge is 2.23. The highest BCUT2D eigenvalue weighted by atomic mass is 79.9. The molecule has 1 unspecified atom stereocenters. The molecule has 0 radical (unpaired) electrons. The van der Waals surface area contributed by atoms with Crippen LogP contribution in [0.25, 0.3) is 0 Å². The van der Waals surface area contributed by atoms with E-state index in [1.54, 1.807) is 0 Å². The number of imidazole rings is 1. The number of ether oxygens (including phenoxy) is 1. The lowest BCUT2D eigenvalue weighted by molar-refractivity contribution is -0.137. The van der Waals surface area contributed by atoms with Gasteiger partial charge < -0.3 is 14.6 Å². The van der Waals surface area contributed by atoms with Crippen molar-refractivity contribution in [1.82, 2.24) is 14.9 Å². The molecule has 6 heteroatoms. The maximum absolute atomic E-state index is 11.7. The molecule has 1 saturated heterocycles. The minimum Gasteiger partial charge on any atom is -0.366 e. The smallest absolute Gasteiger partial charge is 0.249 e. The summed E-state index contributed by atoms with van der Waals surface area (Å²) in [6.45, 7) is 2.03. The Hall–Kier alpha value is -1.66. The predicted octanol–water partition coefficient (Wildman–Crippen LogP) is 1.95. The first-order valence-corrected chi connectivity index (χ1v) is 8.14. The molecule has 1 fully saturated rings. The number of amides is 1. The van der Waals surface area contributed by atoms with Crippen LogP contribution in [-0.2, 0) is 28.9 Å². The zero-order chi connectivity index (χ0) is 15.4. The van der Waals surface area contributed by atoms with Crippen molar-refractivity contribution in [2.24, 2.45) is 0 Å². The van der Waals surface area contributed by atoms with E-state index in [0.29, 0.717) is 19.6 Å². The molecule has 1 aromatic heterocycles. The maximum atomic E-state index is 11.7. The number of nitrogens with one attached hydrogen (secondary N) is 1. The van der Waals surface area contributed by atoms with Crippen molar-refractivity contribution < 1.29 is 9.53 Å². The molecular formula is C16H18BrN3O2. The third kappa shape index (κ3) is 3.96. The van der Waals surface area contributed by atoms with E-state index in [4.69, 9.17) is 4.74 Å². The van der Waals surface area contributed by atoms with E-state index in [2.05, 4.69) is 42.9 Å². The number of carbonyl (C=O) groups excluding carboxylic acids is 1. The van der Waals surface area contributed by atoms with Crippen LogP contribution in [0.2, 0.25) is 0 Å². The largest absolute Gasteiger partial charge is 0.366 e. The topological polar surface area (TPSA) is 56.1 Å². The third-order valence-corrected chi connectivity index (χ3v) is 4.19. The van der Waals surface area contributed by atoms with Crippen molar-refractivity contribution >= 4 is 21.8 Å². The average molecular weight is 364 g/mol. The molecule has 2 heterocycles. The fourth-order valence-electron chi connectivity index (χ4n) is 2.45. The van der Waals surface area contributed by atoms with Gasteiger partial charge in [0, 0.05) is 30.2 Å². The number of nitrogens with zero attached hydrogens (tertiary/aromatic N) is 2. The number of hydrogen-bond acceptors (Lipinski definition) is 3. The second kappa shape index (κ2) is 7.07. The average Bonchev–Trinajstić information content (AvgIpc) is 2.97. The van der Waals surface area contributed by atoms with Gasteiger partial charge in [0.15, 0.2) is 0 Å². The first-order chi connectivity index (χ1) is 10.7. The number of benzene rings is 1. The predicted molar refractivity (Wildman–Crippen MR) is 86.5 cm³/mol. The molecule has 1 aromatic carbocycles. The van der Waals surface area contributed by atoms with Crippen LogP contribution in [0.15, 0.2) is 41.3 Å². The maximum Gasteiger partial charge on any atom is 0.249 e. The van der Waals surface area contributed by atoms with E-state index in [1.165, 1.54) is 5.56 Å². The third-order valence-electron chi connectivity index (χ3n) is 3.67. The molecule has 1 amide bonds. The Labute approximate surface area is 137 Å². The van der Waals surface area contributed by atoms with Crippen LogP contribution in [0.5, 0.6) is 0 Å². The number of aryl methyl sites for hydroxylation is 2. The highest BCUT2D eigenvalue weighted by Crippen LogP contribution is 2.12. The van der Waals surface area contributed by atoms with Gasteiger partial charge in [-0.15, -0.1) is 0 Å². The Morgan fingerprint density at radius 1 is 1.36 bits per heavy atom. The van der Waals surface area contributed by atoms with Gasteiger partial charge in [-0.2, -0.15) is 0 Å². The molecule has 3 rings (SSSR count). The molecule has 22 heavy (non-hydrogen) atoms. The first kappa shape index (κ1) is 15.2. The zero-order valence-corrected chi connectivity index (χ0v) is 13.8. The monoisotopic (exact) mass is 363 g/mol. The van der Waals surface area contributed by atoms with Crippen molar-refractivity contribution in [3.63, 3.8) is 0 Å². The standard InChI is InChI=1S/C16H18BrN3O2/c17-13-3-1-12(2-4-13)5-7-20-10-14(19-11-20)9-15-16(21)18-6-8-22-15/h1-4,10-11,15H,5-9H2,(H,18,21). The van der Waals surface area contributed by atoms with Gasteiger partial charge in [-0.3, -0.25) is 4.79 Å². The number of aromatic nitrogens is 2. The summed E-state index contributed by atoms with van der Waals surface area (Å²) in [5, 5.41) is 2.81. The van der Waals surface area contributed by atoms with E-state index in [-0.39, 0.29) is 5.91 Å². The van der Waals surface area contributed by atoms with Gasteiger partial charge in [0.25, 0.3) is 0 Å². The Morgan fingerprint density at radius 2 is 2.18 bits per heavy atom. The summed E-state index contributed by atoms with van der Waals surface area (Å²) in [5.41, 5.74) is 2.17. The molecule has 0 saturated carbocycles. The molecule has 5 nitrogen and oxygen atoms in total. The molecule has 0 spiro atoms. The lowest BCUT2D eigenvalue weighted by Gasteiger charge is -2.21. The van der Waals surface area contributed by atoms with Gasteiger partial charge in [0.1, 0.15) is 6.10 Å². The molecule has 1 aliphatic rings. The van der Waals surface area contributed by atoms with Gasteiger partial charge in [0.2, 0.25) is 5.91 Å². The van der Waals surface area contributed by atoms with Crippen molar-refractivity contribution in [1.29, 1.82) is 0 Å². The van der Waals surface area contributed by atoms with Gasteiger partial charge in [-0.1, -0.05) is 28.1 Å². The van der Waals surface area contributed by atoms with E-state index in [1.807, 2.05) is 24.7 Å². The number of morpholine rings is 1. The Balaban J connectivity index is 1.54. The summed E-state index contributed by atoms with van der Waals surface area (Å²) in [6.07, 6.45) is 4.86. The summed E-state index contributed by atoms with van der Waals surface area (Å²) < 4.78 is 8.62. The van der Waals surface area contributed by atoms with E-state index < -0.39 is 6.10 Å². The lowest BCUT2D eigenvalue weighted by Crippen LogP contribution is -2.45. The molecule has 116 valence electrons. The summed E-state index contributed by atoms with van der Waals surface area (Å²) in [6, 6.07) is 8.33. The Morgan fingerprint density at radius 3 is 2.95 bits per heavy atom. The highest BCUT2D eigenvalue weighted by molar-refractivity contribution is 9.10. The Kier molecular flexibility index (Phi) is 4.90. The lowest BCUT2D eigenvalue weighted by atomic mass is 10.1. The SMILES string of the molecule is O=C1NCCOC1Cc1cn(CCc2ccc(Br)cc2)cn1. The minimum atomic E-state index is -0.413. The number of carbonyl (C=O) groups is 1. The number of halogens is 1. The van der Waals surface area contributed by atoms with Crippen LogP contribution in [0, 0.1) is 0 Å². The fourth-order valence-corrected chi connectivity index (χ4v) is 2.71. The summed E-state index contributed by atoms with van der Waals surface area (Å²) in [5.74, 6) is -0.0457. The van der Waals surface area contributed by atoms with Crippen molar-refractivity contribution in [3.8, 4) is 0 Å². The molecule has 1 N–H and O–H groups in total. The quantitative estimate of drug-likeness (QED) is 0.883. The molecule has 0 bridgehead atoms. The summed E-state index contributed by atoms with van der Waals surface area (Å²) in [7, 11) is 0. The zero-order valence-electron chi connectivity index (χ0n) is 12.2. The van der Waals surface area contributed by atoms with Crippen molar-refractivity contribution in [2.45, 2.75) is 25.5 Å². The molecular weight excluding hydrogens is 346 g/mol. The fraction of sp³-hybridized carbons (Fsp3) is 0.375. The van der Waals surface area contributed by atoms with Crippen LogP contribution in [0.4, 0.5) is 0 Å². The van der Waals surface area contributed by atoms with Crippen LogP contribution < -0.4 is 5.32 Å². The second-order valence-electron chi connectivity index (χ2n) is 5.33. The first-order valence-electron chi connectivity index (χ1n) is 7.35.